The Bertz CT molecular complexity index is 2160. The molecule has 7 aliphatic rings. The summed E-state index contributed by atoms with van der Waals surface area (Å²) in [5.74, 6) is 2.26. The predicted molar refractivity (Wildman–Crippen MR) is 253 cm³/mol. The van der Waals surface area contributed by atoms with Crippen LogP contribution in [-0.2, 0) is 25.7 Å². The Morgan fingerprint density at radius 1 is 0.844 bits per heavy atom. The fraction of sp³-hybridized carbons (Fsp3) is 0.750. The highest BCUT2D eigenvalue weighted by atomic mass is 16.5. The average Bonchev–Trinajstić information content (AvgIpc) is 3.99. The number of hydrogen-bond donors (Lipinski definition) is 1. The molecule has 6 aliphatic carbocycles. The normalized spacial score (nSPS) is 40.7. The largest absolute Gasteiger partial charge is 0.481 e. The summed E-state index contributed by atoms with van der Waals surface area (Å²) in [5, 5.41) is 9.74. The van der Waals surface area contributed by atoms with Gasteiger partial charge in [-0.25, -0.2) is 4.98 Å². The minimum atomic E-state index is -0.815. The molecule has 1 saturated heterocycles. The van der Waals surface area contributed by atoms with Crippen LogP contribution in [0.4, 0.5) is 0 Å². The van der Waals surface area contributed by atoms with E-state index in [-0.39, 0.29) is 51.1 Å². The number of carboxylic acids is 1. The van der Waals surface area contributed by atoms with E-state index in [0.717, 1.165) is 107 Å². The van der Waals surface area contributed by atoms with Gasteiger partial charge in [-0.15, -0.1) is 0 Å². The van der Waals surface area contributed by atoms with Crippen molar-refractivity contribution < 1.29 is 24.2 Å². The quantitative estimate of drug-likeness (QED) is 0.188. The van der Waals surface area contributed by atoms with E-state index in [1.165, 1.54) is 12.0 Å². The minimum Gasteiger partial charge on any atom is -0.481 e. The number of aliphatic carboxylic acids is 1. The number of aromatic nitrogens is 2. The Labute approximate surface area is 385 Å². The number of rotatable bonds is 10. The summed E-state index contributed by atoms with van der Waals surface area (Å²) in [6, 6.07) is 10.5. The summed E-state index contributed by atoms with van der Waals surface area (Å²) in [4.78, 5) is 49.3. The Balaban J connectivity index is 0.983. The number of benzene rings is 1. The molecule has 0 bridgehead atoms. The molecular formula is C56H81N3O5. The van der Waals surface area contributed by atoms with Gasteiger partial charge in [0.15, 0.2) is 0 Å². The van der Waals surface area contributed by atoms with Crippen LogP contribution in [0, 0.1) is 79.8 Å². The number of fused-ring (bicyclic) bond motifs is 7. The maximum Gasteiger partial charge on any atom is 0.309 e. The molecular weight excluding hydrogens is 795 g/mol. The van der Waals surface area contributed by atoms with E-state index in [0.29, 0.717) is 47.8 Å². The number of carbonyl (C=O) groups excluding carboxylic acids is 2. The molecule has 7 fully saturated rings. The third-order valence-corrected chi connectivity index (χ3v) is 21.2. The highest BCUT2D eigenvalue weighted by Crippen LogP contribution is 2.78. The summed E-state index contributed by atoms with van der Waals surface area (Å²) in [6.45, 7) is 29.7. The van der Waals surface area contributed by atoms with Crippen LogP contribution >= 0.6 is 0 Å². The smallest absolute Gasteiger partial charge is 0.309 e. The first-order valence-corrected chi connectivity index (χ1v) is 25.6. The van der Waals surface area contributed by atoms with E-state index in [1.807, 2.05) is 13.8 Å². The molecule has 3 unspecified atom stereocenters. The number of aryl methyl sites for hydroxylation is 1. The van der Waals surface area contributed by atoms with Gasteiger partial charge in [-0.2, -0.15) is 0 Å². The molecule has 8 heteroatoms. The second kappa shape index (κ2) is 15.8. The van der Waals surface area contributed by atoms with Crippen molar-refractivity contribution in [3.63, 3.8) is 0 Å². The van der Waals surface area contributed by atoms with E-state index in [4.69, 9.17) is 9.72 Å². The Kier molecular flexibility index (Phi) is 11.3. The van der Waals surface area contributed by atoms with Crippen LogP contribution < -0.4 is 0 Å². The van der Waals surface area contributed by atoms with Gasteiger partial charge in [0.25, 0.3) is 0 Å². The van der Waals surface area contributed by atoms with Crippen LogP contribution in [0.5, 0.6) is 0 Å². The first-order chi connectivity index (χ1) is 30.1. The Morgan fingerprint density at radius 2 is 1.58 bits per heavy atom. The maximum atomic E-state index is 15.9. The maximum absolute atomic E-state index is 15.9. The summed E-state index contributed by atoms with van der Waals surface area (Å²) in [6.07, 6.45) is 16.1. The lowest BCUT2D eigenvalue weighted by Gasteiger charge is -2.73. The zero-order chi connectivity index (χ0) is 45.9. The molecule has 2 aromatic rings. The number of allylic oxidation sites excluding steroid dienone is 1. The Morgan fingerprint density at radius 3 is 2.25 bits per heavy atom. The summed E-state index contributed by atoms with van der Waals surface area (Å²) in [5.41, 5.74) is 2.58. The third-order valence-electron chi connectivity index (χ3n) is 21.2. The molecule has 6 saturated carbocycles. The summed E-state index contributed by atoms with van der Waals surface area (Å²) in [7, 11) is 0. The van der Waals surface area contributed by atoms with Crippen molar-refractivity contribution in [1.29, 1.82) is 0 Å². The second-order valence-electron chi connectivity index (χ2n) is 25.0. The molecule has 1 aromatic carbocycles. The van der Waals surface area contributed by atoms with Gasteiger partial charge in [-0.3, -0.25) is 14.4 Å². The lowest BCUT2D eigenvalue weighted by Crippen LogP contribution is -2.67. The van der Waals surface area contributed by atoms with E-state index in [9.17, 15) is 14.7 Å². The average molecular weight is 876 g/mol. The molecule has 8 nitrogen and oxygen atoms in total. The summed E-state index contributed by atoms with van der Waals surface area (Å²) >= 11 is 0. The number of esters is 1. The monoisotopic (exact) mass is 876 g/mol. The van der Waals surface area contributed by atoms with Crippen molar-refractivity contribution in [3.05, 3.63) is 54.5 Å². The topological polar surface area (TPSA) is 102 Å². The molecule has 1 N–H and O–H groups in total. The number of carboxylic acid groups (broad SMARTS) is 1. The van der Waals surface area contributed by atoms with Gasteiger partial charge in [0, 0.05) is 30.3 Å². The van der Waals surface area contributed by atoms with Gasteiger partial charge in [0.2, 0.25) is 5.91 Å². The molecule has 1 aromatic heterocycles. The van der Waals surface area contributed by atoms with Gasteiger partial charge in [0.05, 0.1) is 29.0 Å². The summed E-state index contributed by atoms with van der Waals surface area (Å²) < 4.78 is 8.89. The lowest BCUT2D eigenvalue weighted by atomic mass is 9.32. The molecule has 64 heavy (non-hydrogen) atoms. The van der Waals surface area contributed by atoms with Crippen molar-refractivity contribution in [2.75, 3.05) is 6.54 Å². The fourth-order valence-electron chi connectivity index (χ4n) is 17.3. The van der Waals surface area contributed by atoms with Crippen LogP contribution in [0.2, 0.25) is 0 Å². The van der Waals surface area contributed by atoms with Crippen molar-refractivity contribution in [2.45, 2.75) is 178 Å². The zero-order valence-electron chi connectivity index (χ0n) is 41.2. The molecule has 1 aliphatic heterocycles. The van der Waals surface area contributed by atoms with Crippen LogP contribution in [0.1, 0.15) is 171 Å². The van der Waals surface area contributed by atoms with Crippen molar-refractivity contribution in [1.82, 2.24) is 14.5 Å². The highest BCUT2D eigenvalue weighted by molar-refractivity contribution is 5.85. The van der Waals surface area contributed by atoms with Crippen LogP contribution in [0.25, 0.3) is 11.3 Å². The molecule has 0 radical (unpaired) electrons. The standard InChI is InChI=1S/C56H81N3O5/c1-34(2)24-31-58-33-41(36-16-13-12-14-17-36)57-47(58)42-18-15-30-59(42)50(63)56-27-21-37(35(3)4)46(56)38-19-20-44-53(9)25-23-45(64-49(62)40-32-39(48(60)61)51(40,5)6)52(7,8)43(53)22-26-55(44,11)54(38,10)28-29-56/h12-14,16-17,33-34,37-40,42-46H,3,15,18-32H2,1-2,4-11H3,(H,60,61)/t37-,38+,39-,40+,42-,43?,44?,45-,46?,53-,54+,55+,56-/m0/s1. The van der Waals surface area contributed by atoms with Crippen molar-refractivity contribution in [3.8, 4) is 11.3 Å². The molecule has 0 spiro atoms. The number of likely N-dealkylation sites (tertiary alicyclic amines) is 1. The highest BCUT2D eigenvalue weighted by Gasteiger charge is 2.72. The molecule has 9 rings (SSSR count). The van der Waals surface area contributed by atoms with Crippen molar-refractivity contribution >= 4 is 17.8 Å². The zero-order valence-corrected chi connectivity index (χ0v) is 41.2. The number of imidazole rings is 1. The van der Waals surface area contributed by atoms with Crippen LogP contribution in [0.3, 0.4) is 0 Å². The van der Waals surface area contributed by atoms with Gasteiger partial charge in [-0.1, -0.05) is 105 Å². The first kappa shape index (κ1) is 45.7. The van der Waals surface area contributed by atoms with Gasteiger partial charge in [-0.05, 0) is 154 Å². The molecule has 13 atom stereocenters. The molecule has 2 heterocycles. The number of hydrogen-bond acceptors (Lipinski definition) is 5. The Hall–Kier alpha value is -3.42. The predicted octanol–water partition coefficient (Wildman–Crippen LogP) is 12.6. The van der Waals surface area contributed by atoms with Gasteiger partial charge in [0.1, 0.15) is 11.9 Å². The van der Waals surface area contributed by atoms with E-state index in [1.54, 1.807) is 0 Å². The number of nitrogens with zero attached hydrogens (tertiary/aromatic N) is 3. The molecule has 350 valence electrons. The van der Waals surface area contributed by atoms with Gasteiger partial charge < -0.3 is 19.3 Å². The van der Waals surface area contributed by atoms with E-state index < -0.39 is 17.3 Å². The third kappa shape index (κ3) is 6.67. The van der Waals surface area contributed by atoms with Gasteiger partial charge >= 0.3 is 11.9 Å². The lowest BCUT2D eigenvalue weighted by molar-refractivity contribution is -0.251. The molecule has 1 amide bonds. The van der Waals surface area contributed by atoms with Crippen molar-refractivity contribution in [2.24, 2.45) is 79.8 Å². The van der Waals surface area contributed by atoms with E-state index in [2.05, 4.69) is 108 Å². The number of amides is 1. The first-order valence-electron chi connectivity index (χ1n) is 25.6. The van der Waals surface area contributed by atoms with Crippen LogP contribution in [0.15, 0.2) is 48.7 Å². The van der Waals surface area contributed by atoms with Crippen LogP contribution in [-0.4, -0.2) is 50.1 Å². The fourth-order valence-corrected chi connectivity index (χ4v) is 17.3. The number of ether oxygens (including phenoxy) is 1. The minimum absolute atomic E-state index is 0.00700. The number of carbonyl (C=O) groups is 3. The SMILES string of the molecule is C=C(C)[C@@H]1CC[C@]2(C(=O)N3CCC[C@H]3c3nc(-c4ccccc4)cn3CCC(C)C)CC[C@]3(C)[C@H](CCC4[C@@]5(C)CC[C@H](OC(=O)[C@H]6C[C@@H](C(=O)O)C6(C)C)C(C)(C)C5CC[C@]43C)C12. The van der Waals surface area contributed by atoms with E-state index >= 15 is 4.79 Å². The second-order valence-corrected chi connectivity index (χ2v) is 25.0.